The SMILES string of the molecule is O=c1cc(O)n([C@H]2O[C@@H](CO)C(O)C2O)c(=O)[nH]1. The first-order chi connectivity index (χ1) is 8.45. The van der Waals surface area contributed by atoms with E-state index in [9.17, 15) is 24.9 Å². The molecule has 5 N–H and O–H groups in total. The number of aliphatic hydroxyl groups excluding tert-OH is 3. The molecule has 0 saturated carbocycles. The van der Waals surface area contributed by atoms with Crippen molar-refractivity contribution >= 4 is 0 Å². The average molecular weight is 260 g/mol. The number of nitrogens with one attached hydrogen (secondary N) is 1. The second-order valence-electron chi connectivity index (χ2n) is 3.90. The van der Waals surface area contributed by atoms with Gasteiger partial charge in [0.2, 0.25) is 5.88 Å². The molecule has 1 aromatic heterocycles. The number of hydrogen-bond donors (Lipinski definition) is 5. The highest BCUT2D eigenvalue weighted by Crippen LogP contribution is 2.29. The van der Waals surface area contributed by atoms with Gasteiger partial charge in [-0.05, 0) is 0 Å². The van der Waals surface area contributed by atoms with Crippen LogP contribution in [0.3, 0.4) is 0 Å². The minimum absolute atomic E-state index is 0.562. The van der Waals surface area contributed by atoms with Gasteiger partial charge in [-0.3, -0.25) is 9.78 Å². The highest BCUT2D eigenvalue weighted by Gasteiger charge is 2.44. The highest BCUT2D eigenvalue weighted by molar-refractivity contribution is 5.08. The summed E-state index contributed by atoms with van der Waals surface area (Å²) in [4.78, 5) is 24.3. The number of aliphatic hydroxyl groups is 3. The van der Waals surface area contributed by atoms with Crippen LogP contribution in [0, 0.1) is 0 Å². The molecule has 1 saturated heterocycles. The lowest BCUT2D eigenvalue weighted by Gasteiger charge is -2.17. The third kappa shape index (κ3) is 1.93. The van der Waals surface area contributed by atoms with Gasteiger partial charge in [0.05, 0.1) is 12.7 Å². The molecular formula is C9H12N2O7. The summed E-state index contributed by atoms with van der Waals surface area (Å²) >= 11 is 0. The van der Waals surface area contributed by atoms with E-state index >= 15 is 0 Å². The maximum atomic E-state index is 11.5. The van der Waals surface area contributed by atoms with Gasteiger partial charge in [0.15, 0.2) is 6.23 Å². The normalized spacial score (nSPS) is 31.7. The molecule has 0 aromatic carbocycles. The second-order valence-corrected chi connectivity index (χ2v) is 3.90. The van der Waals surface area contributed by atoms with E-state index in [-0.39, 0.29) is 0 Å². The Hall–Kier alpha value is -1.68. The lowest BCUT2D eigenvalue weighted by molar-refractivity contribution is -0.0578. The third-order valence-electron chi connectivity index (χ3n) is 2.73. The first kappa shape index (κ1) is 12.8. The Kier molecular flexibility index (Phi) is 3.22. The van der Waals surface area contributed by atoms with Crippen molar-refractivity contribution in [3.05, 3.63) is 26.9 Å². The molecule has 2 unspecified atom stereocenters. The van der Waals surface area contributed by atoms with Gasteiger partial charge in [0.1, 0.15) is 18.3 Å². The Labute approximate surface area is 99.5 Å². The zero-order valence-electron chi connectivity index (χ0n) is 9.05. The standard InChI is InChI=1S/C9H12N2O7/c12-2-3-6(15)7(16)8(18-3)11-5(14)1-4(13)10-9(11)17/h1,3,6-8,12,14-16H,2H2,(H,10,13,17)/t3-,6?,7?,8-/m0/s1. The molecule has 0 aliphatic carbocycles. The van der Waals surface area contributed by atoms with Crippen LogP contribution in [0.4, 0.5) is 0 Å². The van der Waals surface area contributed by atoms with Gasteiger partial charge in [-0.15, -0.1) is 0 Å². The van der Waals surface area contributed by atoms with Gasteiger partial charge in [0.25, 0.3) is 5.56 Å². The number of aromatic nitrogens is 2. The number of aromatic amines is 1. The van der Waals surface area contributed by atoms with Crippen molar-refractivity contribution in [3.63, 3.8) is 0 Å². The molecule has 0 radical (unpaired) electrons. The van der Waals surface area contributed by atoms with Crippen LogP contribution in [0.15, 0.2) is 15.7 Å². The van der Waals surface area contributed by atoms with Crippen LogP contribution in [0.25, 0.3) is 0 Å². The smallest absolute Gasteiger partial charge is 0.333 e. The number of ether oxygens (including phenoxy) is 1. The summed E-state index contributed by atoms with van der Waals surface area (Å²) in [5, 5.41) is 37.6. The van der Waals surface area contributed by atoms with E-state index in [1.54, 1.807) is 0 Å². The van der Waals surface area contributed by atoms with Crippen molar-refractivity contribution in [2.75, 3.05) is 6.61 Å². The summed E-state index contributed by atoms with van der Waals surface area (Å²) < 4.78 is 5.64. The minimum Gasteiger partial charge on any atom is -0.494 e. The lowest BCUT2D eigenvalue weighted by atomic mass is 10.1. The van der Waals surface area contributed by atoms with Gasteiger partial charge in [-0.25, -0.2) is 9.36 Å². The van der Waals surface area contributed by atoms with Crippen molar-refractivity contribution in [2.45, 2.75) is 24.5 Å². The molecule has 1 aliphatic rings. The van der Waals surface area contributed by atoms with Crippen LogP contribution in [-0.4, -0.2) is 54.9 Å². The van der Waals surface area contributed by atoms with Crippen LogP contribution in [0.1, 0.15) is 6.23 Å². The van der Waals surface area contributed by atoms with Crippen molar-refractivity contribution < 1.29 is 25.2 Å². The molecule has 2 rings (SSSR count). The molecule has 1 fully saturated rings. The Morgan fingerprint density at radius 2 is 2.00 bits per heavy atom. The summed E-state index contributed by atoms with van der Waals surface area (Å²) in [6, 6.07) is 0.732. The Morgan fingerprint density at radius 1 is 1.33 bits per heavy atom. The topological polar surface area (TPSA) is 145 Å². The summed E-state index contributed by atoms with van der Waals surface area (Å²) in [6.45, 7) is -0.562. The van der Waals surface area contributed by atoms with E-state index in [1.807, 2.05) is 4.98 Å². The number of hydrogen-bond acceptors (Lipinski definition) is 7. The van der Waals surface area contributed by atoms with E-state index < -0.39 is 48.3 Å². The van der Waals surface area contributed by atoms with Crippen LogP contribution >= 0.6 is 0 Å². The first-order valence-electron chi connectivity index (χ1n) is 5.13. The maximum Gasteiger partial charge on any atom is 0.333 e. The molecule has 0 spiro atoms. The summed E-state index contributed by atoms with van der Waals surface area (Å²) in [5.41, 5.74) is -1.80. The molecule has 0 amide bonds. The van der Waals surface area contributed by atoms with Gasteiger partial charge >= 0.3 is 5.69 Å². The molecular weight excluding hydrogens is 248 g/mol. The molecule has 0 bridgehead atoms. The van der Waals surface area contributed by atoms with Gasteiger partial charge in [-0.1, -0.05) is 0 Å². The Bertz CT molecular complexity index is 551. The van der Waals surface area contributed by atoms with E-state index in [1.165, 1.54) is 0 Å². The molecule has 100 valence electrons. The second kappa shape index (κ2) is 4.53. The number of nitrogens with zero attached hydrogens (tertiary/aromatic N) is 1. The number of aromatic hydroxyl groups is 1. The quantitative estimate of drug-likeness (QED) is 0.377. The van der Waals surface area contributed by atoms with E-state index in [0.717, 1.165) is 6.07 Å². The molecule has 1 aliphatic heterocycles. The van der Waals surface area contributed by atoms with Gasteiger partial charge in [-0.2, -0.15) is 0 Å². The third-order valence-corrected chi connectivity index (χ3v) is 2.73. The Morgan fingerprint density at radius 3 is 2.50 bits per heavy atom. The summed E-state index contributed by atoms with van der Waals surface area (Å²) in [7, 11) is 0. The van der Waals surface area contributed by atoms with Gasteiger partial charge in [0, 0.05) is 0 Å². The monoisotopic (exact) mass is 260 g/mol. The minimum atomic E-state index is -1.52. The average Bonchev–Trinajstić information content (AvgIpc) is 2.56. The van der Waals surface area contributed by atoms with E-state index in [2.05, 4.69) is 0 Å². The molecule has 1 aromatic rings. The molecule has 18 heavy (non-hydrogen) atoms. The molecule has 9 heteroatoms. The summed E-state index contributed by atoms with van der Waals surface area (Å²) in [5.74, 6) is -0.710. The van der Waals surface area contributed by atoms with Crippen LogP contribution in [0.5, 0.6) is 5.88 Å². The van der Waals surface area contributed by atoms with Crippen LogP contribution in [0.2, 0.25) is 0 Å². The zero-order chi connectivity index (χ0) is 13.4. The summed E-state index contributed by atoms with van der Waals surface area (Å²) in [6.07, 6.45) is -5.39. The fourth-order valence-electron chi connectivity index (χ4n) is 1.83. The molecule has 2 heterocycles. The van der Waals surface area contributed by atoms with Crippen molar-refractivity contribution in [3.8, 4) is 5.88 Å². The van der Waals surface area contributed by atoms with Crippen LogP contribution in [-0.2, 0) is 4.74 Å². The first-order valence-corrected chi connectivity index (χ1v) is 5.13. The zero-order valence-corrected chi connectivity index (χ0v) is 9.05. The number of rotatable bonds is 2. The Balaban J connectivity index is 2.45. The fourth-order valence-corrected chi connectivity index (χ4v) is 1.83. The predicted octanol–water partition coefficient (Wildman–Crippen LogP) is -3.15. The molecule has 9 nitrogen and oxygen atoms in total. The highest BCUT2D eigenvalue weighted by atomic mass is 16.6. The predicted molar refractivity (Wildman–Crippen MR) is 56.0 cm³/mol. The largest absolute Gasteiger partial charge is 0.494 e. The van der Waals surface area contributed by atoms with Crippen molar-refractivity contribution in [2.24, 2.45) is 0 Å². The van der Waals surface area contributed by atoms with Crippen LogP contribution < -0.4 is 11.2 Å². The van der Waals surface area contributed by atoms with Gasteiger partial charge < -0.3 is 25.2 Å². The van der Waals surface area contributed by atoms with E-state index in [0.29, 0.717) is 4.57 Å². The maximum absolute atomic E-state index is 11.5. The van der Waals surface area contributed by atoms with E-state index in [4.69, 9.17) is 9.84 Å². The molecule has 4 atom stereocenters. The lowest BCUT2D eigenvalue weighted by Crippen LogP contribution is -2.37. The van der Waals surface area contributed by atoms with Crippen molar-refractivity contribution in [1.82, 2.24) is 9.55 Å². The fraction of sp³-hybridized carbons (Fsp3) is 0.556. The number of H-pyrrole nitrogens is 1. The van der Waals surface area contributed by atoms with Crippen molar-refractivity contribution in [1.29, 1.82) is 0 Å².